The van der Waals surface area contributed by atoms with Gasteiger partial charge in [0.1, 0.15) is 0 Å². The number of hydrogen-bond acceptors (Lipinski definition) is 2. The van der Waals surface area contributed by atoms with E-state index in [1.807, 2.05) is 36.4 Å². The van der Waals surface area contributed by atoms with Gasteiger partial charge in [-0.05, 0) is 30.9 Å². The van der Waals surface area contributed by atoms with Gasteiger partial charge in [0.05, 0.1) is 6.61 Å². The van der Waals surface area contributed by atoms with Crippen molar-refractivity contribution in [3.05, 3.63) is 89.9 Å². The highest BCUT2D eigenvalue weighted by Crippen LogP contribution is 2.27. The molecule has 0 bridgehead atoms. The largest absolute Gasteiger partial charge is 0.462 e. The third-order valence-corrected chi connectivity index (χ3v) is 3.40. The Bertz CT molecular complexity index is 563. The highest BCUT2D eigenvalue weighted by Gasteiger charge is 2.14. The fourth-order valence-corrected chi connectivity index (χ4v) is 2.27. The third-order valence-electron chi connectivity index (χ3n) is 3.40. The first kappa shape index (κ1) is 16.0. The normalized spacial score (nSPS) is 10.5. The Hall–Kier alpha value is -2.35. The van der Waals surface area contributed by atoms with Crippen LogP contribution >= 0.6 is 0 Å². The second kappa shape index (κ2) is 8.18. The lowest BCUT2D eigenvalue weighted by Gasteiger charge is -2.17. The quantitative estimate of drug-likeness (QED) is 0.425. The van der Waals surface area contributed by atoms with Gasteiger partial charge in [0.15, 0.2) is 0 Å². The molecule has 0 aliphatic rings. The second-order valence-corrected chi connectivity index (χ2v) is 5.23. The van der Waals surface area contributed by atoms with Crippen molar-refractivity contribution in [3.8, 4) is 0 Å². The smallest absolute Gasteiger partial charge is 0.333 e. The number of hydrogen-bond donors (Lipinski definition) is 0. The van der Waals surface area contributed by atoms with E-state index >= 15 is 0 Å². The molecule has 0 aliphatic heterocycles. The molecule has 0 unspecified atom stereocenters. The van der Waals surface area contributed by atoms with Crippen molar-refractivity contribution in [2.45, 2.75) is 19.8 Å². The van der Waals surface area contributed by atoms with E-state index in [9.17, 15) is 4.79 Å². The lowest BCUT2D eigenvalue weighted by Crippen LogP contribution is -2.08. The number of benzene rings is 2. The average molecular weight is 293 g/mol. The van der Waals surface area contributed by atoms with Crippen molar-refractivity contribution in [3.63, 3.8) is 0 Å². The summed E-state index contributed by atoms with van der Waals surface area (Å²) < 4.78 is 5.17. The van der Waals surface area contributed by atoms with Gasteiger partial charge < -0.3 is 4.74 Å². The molecule has 22 heavy (non-hydrogen) atoms. The van der Waals surface area contributed by atoms with Crippen molar-refractivity contribution in [2.75, 3.05) is 6.61 Å². The average Bonchev–Trinajstić information content (AvgIpc) is 2.56. The molecule has 113 valence electrons. The Kier molecular flexibility index (Phi) is 5.96. The van der Waals surface area contributed by atoms with E-state index in [1.54, 1.807) is 6.92 Å². The van der Waals surface area contributed by atoms with Crippen molar-refractivity contribution >= 4 is 5.97 Å². The van der Waals surface area contributed by atoms with E-state index < -0.39 is 0 Å². The summed E-state index contributed by atoms with van der Waals surface area (Å²) in [6.45, 7) is 5.66. The van der Waals surface area contributed by atoms with Gasteiger partial charge in [-0.2, -0.15) is 0 Å². The van der Waals surface area contributed by atoms with Crippen molar-refractivity contribution in [1.29, 1.82) is 0 Å². The van der Waals surface area contributed by atoms with E-state index in [0.29, 0.717) is 12.2 Å². The van der Waals surface area contributed by atoms with Crippen molar-refractivity contribution < 1.29 is 9.53 Å². The Morgan fingerprint density at radius 3 is 1.91 bits per heavy atom. The molecule has 2 aromatic rings. The zero-order valence-electron chi connectivity index (χ0n) is 12.9. The fourth-order valence-electron chi connectivity index (χ4n) is 2.27. The summed E-state index contributed by atoms with van der Waals surface area (Å²) >= 11 is 0. The molecule has 2 nitrogen and oxygen atoms in total. The molecule has 0 heterocycles. The molecular weight excluding hydrogens is 272 g/mol. The number of carbonyl (C=O) groups is 1. The van der Waals surface area contributed by atoms with E-state index in [-0.39, 0.29) is 5.97 Å². The minimum atomic E-state index is -0.319. The Morgan fingerprint density at radius 2 is 1.45 bits per heavy atom. The Balaban J connectivity index is 2.01. The van der Waals surface area contributed by atoms with Gasteiger partial charge in [-0.25, -0.2) is 4.79 Å². The molecule has 0 aromatic heterocycles. The van der Waals surface area contributed by atoms with Gasteiger partial charge in [0.2, 0.25) is 0 Å². The van der Waals surface area contributed by atoms with Gasteiger partial charge >= 0.3 is 5.97 Å². The summed E-state index contributed by atoms with van der Waals surface area (Å²) in [5, 5.41) is 0. The van der Waals surface area contributed by atoms with E-state index in [2.05, 4.69) is 30.8 Å². The number of esters is 1. The van der Waals surface area contributed by atoms with Crippen LogP contribution in [0.4, 0.5) is 0 Å². The number of carbonyl (C=O) groups excluding carboxylic acids is 1. The molecule has 1 radical (unpaired) electrons. The highest BCUT2D eigenvalue weighted by atomic mass is 16.5. The van der Waals surface area contributed by atoms with Gasteiger partial charge in [-0.3, -0.25) is 0 Å². The number of rotatable bonds is 7. The maximum absolute atomic E-state index is 11.4. The molecule has 0 spiro atoms. The molecular formula is C20H21O2. The zero-order valence-corrected chi connectivity index (χ0v) is 12.9. The minimum absolute atomic E-state index is 0.319. The van der Waals surface area contributed by atoms with Gasteiger partial charge in [0.25, 0.3) is 0 Å². The van der Waals surface area contributed by atoms with Crippen LogP contribution < -0.4 is 0 Å². The molecule has 0 amide bonds. The van der Waals surface area contributed by atoms with Crippen LogP contribution in [0.25, 0.3) is 0 Å². The van der Waals surface area contributed by atoms with Crippen LogP contribution in [0.3, 0.4) is 0 Å². The Labute approximate surface area is 132 Å². The van der Waals surface area contributed by atoms with Gasteiger partial charge in [0, 0.05) is 11.5 Å². The summed E-state index contributed by atoms with van der Waals surface area (Å²) in [6.07, 6.45) is 1.65. The third kappa shape index (κ3) is 4.59. The predicted octanol–water partition coefficient (Wildman–Crippen LogP) is 4.56. The molecule has 0 saturated carbocycles. The summed E-state index contributed by atoms with van der Waals surface area (Å²) in [7, 11) is 0. The van der Waals surface area contributed by atoms with Crippen LogP contribution in [0.5, 0.6) is 0 Å². The van der Waals surface area contributed by atoms with Crippen LogP contribution in [0, 0.1) is 5.92 Å². The van der Waals surface area contributed by atoms with Crippen LogP contribution in [0.15, 0.2) is 72.8 Å². The molecule has 0 saturated heterocycles. The lowest BCUT2D eigenvalue weighted by atomic mass is 9.88. The van der Waals surface area contributed by atoms with E-state index in [1.165, 1.54) is 17.0 Å². The maximum atomic E-state index is 11.4. The monoisotopic (exact) mass is 293 g/mol. The standard InChI is InChI=1S/C20H21O2/c1-16(2)20(21)22-15-9-14-19(17-10-5-3-6-11-17)18-12-7-4-8-13-18/h3-8,10-13H,1,9,14-15H2,2H3. The van der Waals surface area contributed by atoms with Gasteiger partial charge in [-0.15, -0.1) is 0 Å². The van der Waals surface area contributed by atoms with E-state index in [0.717, 1.165) is 12.8 Å². The topological polar surface area (TPSA) is 26.3 Å². The molecule has 2 rings (SSSR count). The van der Waals surface area contributed by atoms with Crippen molar-refractivity contribution in [2.24, 2.45) is 0 Å². The molecule has 2 aromatic carbocycles. The first-order chi connectivity index (χ1) is 10.7. The minimum Gasteiger partial charge on any atom is -0.462 e. The van der Waals surface area contributed by atoms with E-state index in [4.69, 9.17) is 4.74 Å². The fraction of sp³-hybridized carbons (Fsp3) is 0.200. The second-order valence-electron chi connectivity index (χ2n) is 5.23. The van der Waals surface area contributed by atoms with Crippen LogP contribution in [0.2, 0.25) is 0 Å². The maximum Gasteiger partial charge on any atom is 0.333 e. The predicted molar refractivity (Wildman–Crippen MR) is 89.3 cm³/mol. The first-order valence-corrected chi connectivity index (χ1v) is 7.48. The summed E-state index contributed by atoms with van der Waals surface area (Å²) in [5.74, 6) is 0.952. The summed E-state index contributed by atoms with van der Waals surface area (Å²) in [4.78, 5) is 11.4. The molecule has 0 fully saturated rings. The number of ether oxygens (including phenoxy) is 1. The SMILES string of the molecule is C=C(C)C(=O)OCCC[C](c1ccccc1)c1ccccc1. The van der Waals surface area contributed by atoms with Crippen molar-refractivity contribution in [1.82, 2.24) is 0 Å². The van der Waals surface area contributed by atoms with Crippen LogP contribution in [-0.2, 0) is 9.53 Å². The summed E-state index contributed by atoms with van der Waals surface area (Å²) in [6, 6.07) is 20.6. The molecule has 0 N–H and O–H groups in total. The zero-order chi connectivity index (χ0) is 15.8. The Morgan fingerprint density at radius 1 is 0.955 bits per heavy atom. The first-order valence-electron chi connectivity index (χ1n) is 7.48. The lowest BCUT2D eigenvalue weighted by molar-refractivity contribution is -0.139. The molecule has 2 heteroatoms. The van der Waals surface area contributed by atoms with Crippen LogP contribution in [-0.4, -0.2) is 12.6 Å². The highest BCUT2D eigenvalue weighted by molar-refractivity contribution is 5.86. The summed E-state index contributed by atoms with van der Waals surface area (Å²) in [5.41, 5.74) is 2.86. The molecule has 0 atom stereocenters. The molecule has 0 aliphatic carbocycles. The van der Waals surface area contributed by atoms with Gasteiger partial charge in [-0.1, -0.05) is 67.2 Å². The van der Waals surface area contributed by atoms with Crippen LogP contribution in [0.1, 0.15) is 30.9 Å².